The van der Waals surface area contributed by atoms with Crippen LogP contribution >= 0.6 is 0 Å². The molecular weight excluding hydrogens is 727 g/mol. The molecule has 264 valence electrons. The van der Waals surface area contributed by atoms with E-state index in [0.29, 0.717) is 11.3 Å². The minimum atomic E-state index is 0. The topological polar surface area (TPSA) is 0 Å². The summed E-state index contributed by atoms with van der Waals surface area (Å²) in [6.07, 6.45) is 9.00. The first-order valence-electron chi connectivity index (χ1n) is 17.5. The SMILES string of the molecule is CC(C)(C)c1ccc2[cH-]c3ccc(C(C)(C)C)cc3c2c1.CCC1[C-]=CC(C(C)(C)C)=C1.Cc1ccc([C](=[Zr+2])c2ccc(C)cc2)cc1.[Cl-].[Cl-]. The molecule has 0 bridgehead atoms. The third-order valence-corrected chi connectivity index (χ3v) is 10.7. The second kappa shape index (κ2) is 17.9. The molecule has 1 unspecified atom stereocenters. The fraction of sp³-hybridized carbons (Fsp3) is 0.362. The molecule has 0 saturated carbocycles. The molecule has 0 amide bonds. The van der Waals surface area contributed by atoms with Crippen molar-refractivity contribution in [2.75, 3.05) is 0 Å². The van der Waals surface area contributed by atoms with E-state index in [1.165, 1.54) is 94.4 Å². The van der Waals surface area contributed by atoms with Gasteiger partial charge in [0.2, 0.25) is 0 Å². The van der Waals surface area contributed by atoms with Crippen LogP contribution in [-0.2, 0) is 35.1 Å². The van der Waals surface area contributed by atoms with Crippen LogP contribution in [0.3, 0.4) is 0 Å². The van der Waals surface area contributed by atoms with Crippen molar-refractivity contribution in [3.63, 3.8) is 0 Å². The van der Waals surface area contributed by atoms with Gasteiger partial charge in [-0.3, -0.25) is 6.08 Å². The smallest absolute Gasteiger partial charge is 1.00 e. The number of hydrogen-bond donors (Lipinski definition) is 0. The minimum Gasteiger partial charge on any atom is -1.00 e. The van der Waals surface area contributed by atoms with E-state index in [2.05, 4.69) is 192 Å². The quantitative estimate of drug-likeness (QED) is 0.172. The van der Waals surface area contributed by atoms with E-state index < -0.39 is 0 Å². The van der Waals surface area contributed by atoms with Gasteiger partial charge in [-0.15, -0.1) is 39.7 Å². The average Bonchev–Trinajstić information content (AvgIpc) is 3.66. The zero-order valence-electron chi connectivity index (χ0n) is 32.4. The largest absolute Gasteiger partial charge is 1.00 e. The van der Waals surface area contributed by atoms with Gasteiger partial charge in [0.25, 0.3) is 0 Å². The Morgan fingerprint density at radius 2 is 1.02 bits per heavy atom. The summed E-state index contributed by atoms with van der Waals surface area (Å²) in [7, 11) is 0. The van der Waals surface area contributed by atoms with Crippen molar-refractivity contribution in [2.24, 2.45) is 11.3 Å². The summed E-state index contributed by atoms with van der Waals surface area (Å²) in [6.45, 7) is 26.9. The number of hydrogen-bond acceptors (Lipinski definition) is 0. The molecule has 0 radical (unpaired) electrons. The van der Waals surface area contributed by atoms with E-state index in [1.54, 1.807) is 0 Å². The van der Waals surface area contributed by atoms with E-state index in [9.17, 15) is 0 Å². The van der Waals surface area contributed by atoms with Gasteiger partial charge >= 0.3 is 112 Å². The molecule has 6 rings (SSSR count). The third kappa shape index (κ3) is 11.5. The molecule has 5 aromatic rings. The van der Waals surface area contributed by atoms with Crippen LogP contribution < -0.4 is 24.8 Å². The first kappa shape index (κ1) is 43.7. The zero-order chi connectivity index (χ0) is 35.4. The summed E-state index contributed by atoms with van der Waals surface area (Å²) in [6, 6.07) is 33.7. The van der Waals surface area contributed by atoms with E-state index in [-0.39, 0.29) is 35.6 Å². The van der Waals surface area contributed by atoms with Crippen LogP contribution in [0.5, 0.6) is 0 Å². The number of halogens is 2. The summed E-state index contributed by atoms with van der Waals surface area (Å²) in [5.41, 5.74) is 10.2. The molecule has 3 heteroatoms. The van der Waals surface area contributed by atoms with Crippen LogP contribution in [0.15, 0.2) is 109 Å². The van der Waals surface area contributed by atoms with Gasteiger partial charge in [-0.2, -0.15) is 11.6 Å². The van der Waals surface area contributed by atoms with E-state index in [1.807, 2.05) is 0 Å². The maximum absolute atomic E-state index is 3.35. The summed E-state index contributed by atoms with van der Waals surface area (Å²) >= 11 is 1.46. The maximum atomic E-state index is 3.35. The summed E-state index contributed by atoms with van der Waals surface area (Å²) in [4.78, 5) is 0. The number of benzene rings is 4. The Morgan fingerprint density at radius 1 is 0.620 bits per heavy atom. The number of fused-ring (bicyclic) bond motifs is 3. The molecule has 0 N–H and O–H groups in total. The molecule has 1 atom stereocenters. The predicted octanol–water partition coefficient (Wildman–Crippen LogP) is 7.09. The van der Waals surface area contributed by atoms with Crippen molar-refractivity contribution in [1.82, 2.24) is 0 Å². The van der Waals surface area contributed by atoms with Crippen LogP contribution in [-0.4, -0.2) is 3.21 Å². The molecule has 0 aliphatic heterocycles. The maximum Gasteiger partial charge on any atom is -1.00 e. The van der Waals surface area contributed by atoms with Gasteiger partial charge in [0, 0.05) is 0 Å². The first-order valence-corrected chi connectivity index (χ1v) is 18.8. The van der Waals surface area contributed by atoms with Gasteiger partial charge in [0.05, 0.1) is 0 Å². The van der Waals surface area contributed by atoms with E-state index >= 15 is 0 Å². The minimum absolute atomic E-state index is 0. The summed E-state index contributed by atoms with van der Waals surface area (Å²) in [5.74, 6) is 0.573. The predicted molar refractivity (Wildman–Crippen MR) is 209 cm³/mol. The van der Waals surface area contributed by atoms with Crippen molar-refractivity contribution in [3.8, 4) is 0 Å². The van der Waals surface area contributed by atoms with Crippen LogP contribution in [0, 0.1) is 31.3 Å². The van der Waals surface area contributed by atoms with Crippen molar-refractivity contribution in [1.29, 1.82) is 0 Å². The number of rotatable bonds is 3. The molecule has 50 heavy (non-hydrogen) atoms. The van der Waals surface area contributed by atoms with Gasteiger partial charge in [-0.05, 0) is 10.8 Å². The van der Waals surface area contributed by atoms with Crippen LogP contribution in [0.4, 0.5) is 0 Å². The van der Waals surface area contributed by atoms with Gasteiger partial charge in [0.15, 0.2) is 0 Å². The standard InChI is InChI=1S/C21H25.C15H14.C11H17.2ClH.Zr/c1-20(2,3)16-9-7-14-11-15-8-10-17(21(4,5)6)13-19(15)18(14)12-16;1-12-3-7-14(8-4-12)11-15-9-5-13(2)6-10-15;1-5-9-6-7-10(8-9)11(2,3)4;;;/h7-13H,1-6H3;3-10H,1-2H3;7-9H,5H2,1-4H3;2*1H;/q-1;;-1;;;+2/p-2. The second-order valence-electron chi connectivity index (χ2n) is 16.6. The number of aryl methyl sites for hydroxylation is 2. The van der Waals surface area contributed by atoms with Gasteiger partial charge in [0.1, 0.15) is 0 Å². The van der Waals surface area contributed by atoms with Crippen molar-refractivity contribution in [2.45, 2.75) is 100 Å². The van der Waals surface area contributed by atoms with Crippen molar-refractivity contribution in [3.05, 3.63) is 148 Å². The monoisotopic (exact) mass is 780 g/mol. The Labute approximate surface area is 331 Å². The molecule has 1 aliphatic rings. The molecule has 5 aromatic carbocycles. The zero-order valence-corrected chi connectivity index (χ0v) is 36.3. The molecule has 0 spiro atoms. The average molecular weight is 783 g/mol. The molecular formula is C47H56Cl2Zr-2. The molecule has 0 heterocycles. The normalized spacial score (nSPS) is 14.1. The Morgan fingerprint density at radius 3 is 1.32 bits per heavy atom. The van der Waals surface area contributed by atoms with E-state index in [0.717, 1.165) is 0 Å². The Balaban J connectivity index is 0.000000268. The molecule has 1 aliphatic carbocycles. The fourth-order valence-corrected chi connectivity index (χ4v) is 6.57. The second-order valence-corrected chi connectivity index (χ2v) is 17.8. The van der Waals surface area contributed by atoms with Gasteiger partial charge in [-0.25, -0.2) is 6.08 Å². The fourth-order valence-electron chi connectivity index (χ4n) is 5.75. The summed E-state index contributed by atoms with van der Waals surface area (Å²) in [5, 5.41) is 5.49. The Kier molecular flexibility index (Phi) is 15.6. The first-order chi connectivity index (χ1) is 22.4. The third-order valence-electron chi connectivity index (χ3n) is 9.26. The molecule has 0 aromatic heterocycles. The Hall–Kier alpha value is -2.44. The Bertz CT molecular complexity index is 1800. The van der Waals surface area contributed by atoms with Crippen LogP contribution in [0.2, 0.25) is 0 Å². The van der Waals surface area contributed by atoms with Crippen molar-refractivity contribution >= 4 is 24.8 Å². The molecule has 0 saturated heterocycles. The van der Waals surface area contributed by atoms with Crippen LogP contribution in [0.1, 0.15) is 109 Å². The summed E-state index contributed by atoms with van der Waals surface area (Å²) < 4.78 is 1.42. The molecule has 0 fully saturated rings. The van der Waals surface area contributed by atoms with Gasteiger partial charge in [-0.1, -0.05) is 122 Å². The van der Waals surface area contributed by atoms with Crippen molar-refractivity contribution < 1.29 is 49.0 Å². The molecule has 0 nitrogen and oxygen atoms in total. The van der Waals surface area contributed by atoms with Gasteiger partial charge < -0.3 is 24.8 Å². The number of allylic oxidation sites excluding steroid dienone is 4. The van der Waals surface area contributed by atoms with E-state index in [4.69, 9.17) is 0 Å². The van der Waals surface area contributed by atoms with Crippen LogP contribution in [0.25, 0.3) is 21.5 Å².